The number of carbonyl (C=O) groups is 1. The first-order valence-electron chi connectivity index (χ1n) is 9.11. The van der Waals surface area contributed by atoms with Crippen LogP contribution in [-0.2, 0) is 11.2 Å². The molecular weight excluding hydrogens is 338 g/mol. The van der Waals surface area contributed by atoms with Crippen molar-refractivity contribution in [2.45, 2.75) is 58.5 Å². The number of nitrogens with one attached hydrogen (secondary N) is 2. The molecule has 3 heterocycles. The smallest absolute Gasteiger partial charge is 0.222 e. The maximum absolute atomic E-state index is 11.9. The number of rotatable bonds is 2. The molecule has 2 aliphatic rings. The molecular formula is C18H26ClN5O. The van der Waals surface area contributed by atoms with Crippen LogP contribution in [0.2, 0.25) is 5.15 Å². The van der Waals surface area contributed by atoms with E-state index in [1.807, 2.05) is 20.2 Å². The molecule has 1 saturated carbocycles. The van der Waals surface area contributed by atoms with Crippen molar-refractivity contribution in [1.82, 2.24) is 19.9 Å². The van der Waals surface area contributed by atoms with Gasteiger partial charge >= 0.3 is 0 Å². The maximum Gasteiger partial charge on any atom is 0.222 e. The molecule has 7 heteroatoms. The molecule has 2 N–H and O–H groups in total. The lowest BCUT2D eigenvalue weighted by Crippen LogP contribution is -2.25. The molecule has 0 bridgehead atoms. The van der Waals surface area contributed by atoms with Gasteiger partial charge in [0.25, 0.3) is 0 Å². The molecule has 3 atom stereocenters. The van der Waals surface area contributed by atoms with Crippen LogP contribution in [0.4, 0.5) is 5.69 Å². The molecule has 0 saturated heterocycles. The summed E-state index contributed by atoms with van der Waals surface area (Å²) in [6.45, 7) is 6.13. The van der Waals surface area contributed by atoms with Gasteiger partial charge in [0.15, 0.2) is 5.65 Å². The van der Waals surface area contributed by atoms with E-state index < -0.39 is 0 Å². The Morgan fingerprint density at radius 3 is 2.88 bits per heavy atom. The van der Waals surface area contributed by atoms with E-state index in [1.54, 1.807) is 7.05 Å². The van der Waals surface area contributed by atoms with Gasteiger partial charge in [-0.2, -0.15) is 0 Å². The van der Waals surface area contributed by atoms with Crippen molar-refractivity contribution in [3.8, 4) is 0 Å². The first-order chi connectivity index (χ1) is 12.1. The van der Waals surface area contributed by atoms with E-state index in [0.29, 0.717) is 11.2 Å². The Bertz CT molecular complexity index is 787. The topological polar surface area (TPSA) is 71.8 Å². The van der Waals surface area contributed by atoms with Gasteiger partial charge < -0.3 is 15.2 Å². The highest BCUT2D eigenvalue weighted by molar-refractivity contribution is 6.31. The Morgan fingerprint density at radius 2 is 2.16 bits per heavy atom. The van der Waals surface area contributed by atoms with Crippen LogP contribution in [0.3, 0.4) is 0 Å². The van der Waals surface area contributed by atoms with Crippen molar-refractivity contribution in [3.05, 3.63) is 17.0 Å². The molecule has 1 aliphatic heterocycles. The molecule has 6 nitrogen and oxygen atoms in total. The summed E-state index contributed by atoms with van der Waals surface area (Å²) in [5.74, 6) is 0.199. The van der Waals surface area contributed by atoms with Crippen LogP contribution in [0.25, 0.3) is 11.2 Å². The molecule has 1 fully saturated rings. The standard InChI is InChI=1S/C16H20ClN5O.C2H6/c1-8-5-11-12(20-8)13-15(21-14(11)17)22(7-19-13)10-4-3-9(6-10)16(23)18-2;1-2/h7-10,20H,3-6H2,1-2H3,(H,18,23);1-2H3/t8?,9-,10?;/m1./s1. The third kappa shape index (κ3) is 3.08. The van der Waals surface area contributed by atoms with Crippen LogP contribution < -0.4 is 10.6 Å². The van der Waals surface area contributed by atoms with Crippen molar-refractivity contribution in [2.75, 3.05) is 12.4 Å². The number of hydrogen-bond acceptors (Lipinski definition) is 4. The highest BCUT2D eigenvalue weighted by Gasteiger charge is 2.32. The summed E-state index contributed by atoms with van der Waals surface area (Å²) in [4.78, 5) is 21.0. The summed E-state index contributed by atoms with van der Waals surface area (Å²) in [7, 11) is 1.69. The van der Waals surface area contributed by atoms with Gasteiger partial charge in [0.05, 0.1) is 12.0 Å². The van der Waals surface area contributed by atoms with E-state index >= 15 is 0 Å². The summed E-state index contributed by atoms with van der Waals surface area (Å²) in [6, 6.07) is 0.604. The number of nitrogens with zero attached hydrogens (tertiary/aromatic N) is 3. The Labute approximate surface area is 153 Å². The molecule has 4 rings (SSSR count). The zero-order chi connectivity index (χ0) is 18.1. The molecule has 136 valence electrons. The Morgan fingerprint density at radius 1 is 1.40 bits per heavy atom. The lowest BCUT2D eigenvalue weighted by Gasteiger charge is -2.13. The predicted molar refractivity (Wildman–Crippen MR) is 101 cm³/mol. The first-order valence-corrected chi connectivity index (χ1v) is 9.49. The van der Waals surface area contributed by atoms with Crippen LogP contribution >= 0.6 is 11.6 Å². The van der Waals surface area contributed by atoms with Gasteiger partial charge in [-0.15, -0.1) is 0 Å². The van der Waals surface area contributed by atoms with E-state index in [4.69, 9.17) is 11.6 Å². The minimum absolute atomic E-state index is 0.0745. The summed E-state index contributed by atoms with van der Waals surface area (Å²) in [6.07, 6.45) is 5.41. The van der Waals surface area contributed by atoms with E-state index in [1.165, 1.54) is 0 Å². The quantitative estimate of drug-likeness (QED) is 0.800. The first kappa shape index (κ1) is 18.0. The normalized spacial score (nSPS) is 24.4. The van der Waals surface area contributed by atoms with Gasteiger partial charge in [-0.1, -0.05) is 25.4 Å². The van der Waals surface area contributed by atoms with Gasteiger partial charge in [-0.3, -0.25) is 4.79 Å². The van der Waals surface area contributed by atoms with Crippen molar-refractivity contribution in [2.24, 2.45) is 5.92 Å². The molecule has 2 aromatic heterocycles. The minimum Gasteiger partial charge on any atom is -0.380 e. The lowest BCUT2D eigenvalue weighted by atomic mass is 10.1. The number of fused-ring (bicyclic) bond motifs is 3. The van der Waals surface area contributed by atoms with Crippen molar-refractivity contribution < 1.29 is 4.79 Å². The minimum atomic E-state index is 0.0745. The number of imidazole rings is 1. The van der Waals surface area contributed by atoms with E-state index in [2.05, 4.69) is 32.1 Å². The van der Waals surface area contributed by atoms with Crippen molar-refractivity contribution in [3.63, 3.8) is 0 Å². The van der Waals surface area contributed by atoms with Gasteiger partial charge in [-0.05, 0) is 32.6 Å². The number of halogens is 1. The molecule has 25 heavy (non-hydrogen) atoms. The van der Waals surface area contributed by atoms with E-state index in [0.717, 1.165) is 48.1 Å². The third-order valence-corrected chi connectivity index (χ3v) is 5.39. The molecule has 2 aromatic rings. The monoisotopic (exact) mass is 363 g/mol. The summed E-state index contributed by atoms with van der Waals surface area (Å²) in [5, 5.41) is 6.77. The maximum atomic E-state index is 11.9. The van der Waals surface area contributed by atoms with Crippen molar-refractivity contribution in [1.29, 1.82) is 0 Å². The predicted octanol–water partition coefficient (Wildman–Crippen LogP) is 3.55. The highest BCUT2D eigenvalue weighted by Crippen LogP contribution is 2.40. The Kier molecular flexibility index (Phi) is 5.18. The molecule has 2 unspecified atom stereocenters. The number of amides is 1. The third-order valence-electron chi connectivity index (χ3n) is 5.08. The van der Waals surface area contributed by atoms with Gasteiger partial charge in [-0.25, -0.2) is 9.97 Å². The average Bonchev–Trinajstić information content (AvgIpc) is 3.33. The van der Waals surface area contributed by atoms with Crippen LogP contribution in [0.15, 0.2) is 6.33 Å². The second-order valence-corrected chi connectivity index (χ2v) is 6.97. The number of carbonyl (C=O) groups excluding carboxylic acids is 1. The number of anilines is 1. The zero-order valence-corrected chi connectivity index (χ0v) is 16.0. The fourth-order valence-electron chi connectivity index (χ4n) is 3.91. The van der Waals surface area contributed by atoms with E-state index in [9.17, 15) is 4.79 Å². The number of hydrogen-bond donors (Lipinski definition) is 2. The second-order valence-electron chi connectivity index (χ2n) is 6.61. The lowest BCUT2D eigenvalue weighted by molar-refractivity contribution is -0.124. The Hall–Kier alpha value is -1.82. The van der Waals surface area contributed by atoms with Crippen molar-refractivity contribution >= 4 is 34.4 Å². The zero-order valence-electron chi connectivity index (χ0n) is 15.3. The SMILES string of the molecule is CC.CNC(=O)[C@@H]1CCC(n2cnc3c4c(c(Cl)nc32)CC(C)N4)C1. The Balaban J connectivity index is 0.000000880. The molecule has 1 amide bonds. The molecule has 0 spiro atoms. The van der Waals surface area contributed by atoms with Crippen LogP contribution in [0, 0.1) is 5.92 Å². The fraction of sp³-hybridized carbons (Fsp3) is 0.611. The van der Waals surface area contributed by atoms with Gasteiger partial charge in [0.1, 0.15) is 10.7 Å². The summed E-state index contributed by atoms with van der Waals surface area (Å²) < 4.78 is 2.09. The number of pyridine rings is 1. The van der Waals surface area contributed by atoms with E-state index in [-0.39, 0.29) is 17.9 Å². The molecule has 0 aromatic carbocycles. The highest BCUT2D eigenvalue weighted by atomic mass is 35.5. The number of aromatic nitrogens is 3. The average molecular weight is 364 g/mol. The summed E-state index contributed by atoms with van der Waals surface area (Å²) >= 11 is 6.39. The second kappa shape index (κ2) is 7.20. The summed E-state index contributed by atoms with van der Waals surface area (Å²) in [5.41, 5.74) is 3.79. The molecule has 1 aliphatic carbocycles. The van der Waals surface area contributed by atoms with Gasteiger partial charge in [0, 0.05) is 30.6 Å². The molecule has 0 radical (unpaired) electrons. The van der Waals surface area contributed by atoms with Gasteiger partial charge in [0.2, 0.25) is 5.91 Å². The fourth-order valence-corrected chi connectivity index (χ4v) is 4.17. The van der Waals surface area contributed by atoms with Crippen LogP contribution in [0.5, 0.6) is 0 Å². The van der Waals surface area contributed by atoms with Crippen LogP contribution in [0.1, 0.15) is 51.6 Å². The largest absolute Gasteiger partial charge is 0.380 e. The van der Waals surface area contributed by atoms with Crippen LogP contribution in [-0.4, -0.2) is 33.5 Å².